The van der Waals surface area contributed by atoms with E-state index in [1.54, 1.807) is 24.3 Å². The van der Waals surface area contributed by atoms with E-state index in [0.29, 0.717) is 56.5 Å². The average Bonchev–Trinajstić information content (AvgIpc) is 1.23. The maximum Gasteiger partial charge on any atom is 0.325 e. The van der Waals surface area contributed by atoms with E-state index in [4.69, 9.17) is 9.97 Å². The number of carboxylic acids is 3. The van der Waals surface area contributed by atoms with Crippen LogP contribution < -0.4 is 21.3 Å². The van der Waals surface area contributed by atoms with Gasteiger partial charge in [-0.25, -0.2) is 29.9 Å². The molecule has 6 atom stereocenters. The molecule has 24 nitrogen and oxygen atoms in total. The first-order chi connectivity index (χ1) is 68.7. The van der Waals surface area contributed by atoms with E-state index in [1.807, 2.05) is 134 Å². The summed E-state index contributed by atoms with van der Waals surface area (Å²) in [6.45, 7) is 21.0. The molecule has 0 bridgehead atoms. The average molecular weight is 1960 g/mol. The predicted octanol–water partition coefficient (Wildman–Crippen LogP) is 21.6. The standard InChI is InChI=1S/C42H54N4O4.C38H40N4O4S.C37H40N4O4S/c1-4-5-28-6-10-31(11-7-28)32-16-18-33(19-17-32)36-23-43-39(44-24-36)34-12-8-29(9-13-34)22-38(41(48)46-25-37(26-46)42(49)50)45-40(47)35-20-14-30(15-21-35)27(2)3;1-38(2,3)33-18-17-32(47-33)35(43)41-31(36(44)42-22-30(23-42)37(45)46)19-24-9-11-28(12-10-24)34-39-20-29(21-40-34)27-15-13-26(14-16-27)25-7-5-4-6-8-25;1-23(36(44)45)40-34(42)30(41-35(43)31-18-19-32(46-31)37(2,3)4)20-24-10-12-28(13-11-24)33-38-21-29(22-39-33)27-16-14-26(15-17-27)25-8-6-5-7-9-25/h8-9,12-15,20-21,23-24,27-28,31-33,37-38H,4-7,10-11,16-19,22,25-26H2,1-3H3,(H,45,47)(H,49,50);4-12,15,17-18,20-21,26,30-31H,13-14,16,19,22-23H2,1-3H3,(H,41,43)(H,45,46);5-13,16,18-19,21-23,26,30H,14-15,17,20H2,1-4H3,(H,40,42)(H,41,43)(H,44,45)/t28?,31?,32?,33?,38-;26?,31-;23-,26?,30+/m001/s1. The Bertz CT molecular complexity index is 6270. The smallest absolute Gasteiger partial charge is 0.325 e. The van der Waals surface area contributed by atoms with Gasteiger partial charge < -0.3 is 46.4 Å². The number of rotatable bonds is 31. The number of hydrogen-bond acceptors (Lipinski definition) is 17. The van der Waals surface area contributed by atoms with E-state index in [2.05, 4.69) is 176 Å². The molecular weight excluding hydrogens is 1830 g/mol. The molecule has 0 radical (unpaired) electrons. The molecule has 7 heterocycles. The summed E-state index contributed by atoms with van der Waals surface area (Å²) in [6.07, 6.45) is 36.7. The number of amides is 6. The Morgan fingerprint density at radius 1 is 0.399 bits per heavy atom. The number of likely N-dealkylation sites (tertiary alicyclic amines) is 2. The number of thiophene rings is 2. The van der Waals surface area contributed by atoms with Gasteiger partial charge >= 0.3 is 17.9 Å². The number of allylic oxidation sites excluding steroid dienone is 4. The highest BCUT2D eigenvalue weighted by molar-refractivity contribution is 7.14. The molecule has 17 rings (SSSR count). The van der Waals surface area contributed by atoms with E-state index in [-0.39, 0.29) is 85.8 Å². The van der Waals surface area contributed by atoms with Gasteiger partial charge in [0.25, 0.3) is 17.7 Å². The topological polar surface area (TPSA) is 346 Å². The highest BCUT2D eigenvalue weighted by Crippen LogP contribution is 2.46. The van der Waals surface area contributed by atoms with Gasteiger partial charge in [0.15, 0.2) is 17.5 Å². The molecular formula is C117H134N12O12S2. The van der Waals surface area contributed by atoms with Crippen LogP contribution in [0.15, 0.2) is 231 Å². The number of hydrogen-bond donors (Lipinski definition) is 7. The third kappa shape index (κ3) is 27.6. The maximum absolute atomic E-state index is 13.5. The molecule has 6 aliphatic rings. The SMILES string of the molecule is CC(C)(C)c1ccc(C(=O)N[C@@H](Cc2ccc(-c3ncc(C4=CCC(c5ccccc5)CC4)cn3)cc2)C(=O)N2CC(C(=O)O)C2)s1.CCCC1CCC(C2CCC(c3cnc(-c4ccc(C[C@H](NC(=O)c5ccc(C(C)C)cc5)C(=O)N5CC(C(=O)O)C5)cc4)nc3)CC2)CC1.C[C@@H](NC(=O)[C@H](Cc1ccc(-c2ncc(C3=CCC(c4ccccc4)CC3)cn2)cc1)NC(=O)c1ccc(C(C)(C)C)s1)C(=O)O. The molecule has 26 heteroatoms. The lowest BCUT2D eigenvalue weighted by Crippen LogP contribution is -2.59. The van der Waals surface area contributed by atoms with Crippen LogP contribution in [-0.4, -0.2) is 159 Å². The summed E-state index contributed by atoms with van der Waals surface area (Å²) in [5, 5.41) is 39.1. The van der Waals surface area contributed by atoms with E-state index >= 15 is 0 Å². The van der Waals surface area contributed by atoms with Crippen molar-refractivity contribution in [2.45, 2.75) is 250 Å². The first kappa shape index (κ1) is 104. The van der Waals surface area contributed by atoms with Gasteiger partial charge in [-0.05, 0) is 223 Å². The molecule has 6 aromatic carbocycles. The molecule has 6 amide bonds. The molecule has 0 spiro atoms. The zero-order valence-electron chi connectivity index (χ0n) is 83.6. The zero-order valence-corrected chi connectivity index (χ0v) is 85.3. The summed E-state index contributed by atoms with van der Waals surface area (Å²) >= 11 is 2.80. The molecule has 11 aromatic rings. The van der Waals surface area contributed by atoms with Crippen LogP contribution in [0, 0.1) is 29.6 Å². The minimum atomic E-state index is -1.15. The Morgan fingerprint density at radius 3 is 1.13 bits per heavy atom. The van der Waals surface area contributed by atoms with Crippen LogP contribution in [0.1, 0.15) is 285 Å². The van der Waals surface area contributed by atoms with Crippen molar-refractivity contribution in [3.63, 3.8) is 0 Å². The summed E-state index contributed by atoms with van der Waals surface area (Å²) in [5.41, 5.74) is 15.2. The summed E-state index contributed by atoms with van der Waals surface area (Å²) in [7, 11) is 0. The van der Waals surface area contributed by atoms with Crippen LogP contribution in [0.2, 0.25) is 0 Å². The van der Waals surface area contributed by atoms with Crippen LogP contribution in [0.25, 0.3) is 45.3 Å². The van der Waals surface area contributed by atoms with E-state index in [0.717, 1.165) is 116 Å². The highest BCUT2D eigenvalue weighted by atomic mass is 32.1. The first-order valence-electron chi connectivity index (χ1n) is 50.7. The summed E-state index contributed by atoms with van der Waals surface area (Å²) in [6, 6.07) is 55.5. The van der Waals surface area contributed by atoms with Gasteiger partial charge in [-0.3, -0.25) is 43.2 Å². The van der Waals surface area contributed by atoms with Crippen LogP contribution in [0.4, 0.5) is 0 Å². The van der Waals surface area contributed by atoms with E-state index in [1.165, 1.54) is 131 Å². The fraction of sp³-hybridized carbons (Fsp3) is 0.410. The number of aliphatic carboxylic acids is 3. The molecule has 2 saturated carbocycles. The number of carbonyl (C=O) groups excluding carboxylic acids is 6. The van der Waals surface area contributed by atoms with Crippen molar-refractivity contribution in [2.75, 3.05) is 26.2 Å². The minimum absolute atomic E-state index is 0.0903. The van der Waals surface area contributed by atoms with Crippen LogP contribution >= 0.6 is 22.7 Å². The second kappa shape index (κ2) is 47.7. The van der Waals surface area contributed by atoms with Gasteiger partial charge in [-0.2, -0.15) is 0 Å². The largest absolute Gasteiger partial charge is 0.481 e. The number of nitrogens with zero attached hydrogens (tertiary/aromatic N) is 8. The van der Waals surface area contributed by atoms with E-state index in [9.17, 15) is 58.5 Å². The quantitative estimate of drug-likeness (QED) is 0.0212. The Morgan fingerprint density at radius 2 is 0.776 bits per heavy atom. The zero-order chi connectivity index (χ0) is 101. The van der Waals surface area contributed by atoms with E-state index < -0.39 is 59.8 Å². The fourth-order valence-electron chi connectivity index (χ4n) is 20.1. The van der Waals surface area contributed by atoms with Crippen molar-refractivity contribution < 1.29 is 58.5 Å². The number of carboxylic acid groups (broad SMARTS) is 3. The molecule has 5 aromatic heterocycles. The lowest BCUT2D eigenvalue weighted by Gasteiger charge is -2.39. The van der Waals surface area contributed by atoms with Crippen molar-refractivity contribution in [2.24, 2.45) is 29.6 Å². The minimum Gasteiger partial charge on any atom is -0.481 e. The van der Waals surface area contributed by atoms with Gasteiger partial charge in [0.2, 0.25) is 17.7 Å². The van der Waals surface area contributed by atoms with Gasteiger partial charge in [0.05, 0.1) is 21.6 Å². The third-order valence-electron chi connectivity index (χ3n) is 29.2. The molecule has 4 fully saturated rings. The lowest BCUT2D eigenvalue weighted by atomic mass is 9.68. The normalized spacial score (nSPS) is 19.0. The third-order valence-corrected chi connectivity index (χ3v) is 32.2. The number of benzene rings is 6. The first-order valence-corrected chi connectivity index (χ1v) is 52.4. The molecule has 7 N–H and O–H groups in total. The Hall–Kier alpha value is -13.3. The number of nitrogens with one attached hydrogen (secondary N) is 4. The van der Waals surface area contributed by atoms with Crippen molar-refractivity contribution in [3.05, 3.63) is 306 Å². The van der Waals surface area contributed by atoms with Gasteiger partial charge in [0, 0.05) is 126 Å². The number of carbonyl (C=O) groups is 9. The number of aromatic nitrogens is 6. The van der Waals surface area contributed by atoms with Crippen LogP contribution in [0.3, 0.4) is 0 Å². The van der Waals surface area contributed by atoms with Crippen LogP contribution in [-0.2, 0) is 58.9 Å². The maximum atomic E-state index is 13.5. The molecule has 143 heavy (non-hydrogen) atoms. The highest BCUT2D eigenvalue weighted by Gasteiger charge is 2.42. The molecule has 2 saturated heterocycles. The fourth-order valence-corrected chi connectivity index (χ4v) is 22.0. The van der Waals surface area contributed by atoms with Crippen molar-refractivity contribution in [3.8, 4) is 34.2 Å². The van der Waals surface area contributed by atoms with Crippen molar-refractivity contribution >= 4 is 87.2 Å². The van der Waals surface area contributed by atoms with Crippen molar-refractivity contribution in [1.82, 2.24) is 61.0 Å². The van der Waals surface area contributed by atoms with Crippen molar-refractivity contribution in [1.29, 1.82) is 0 Å². The predicted molar refractivity (Wildman–Crippen MR) is 562 cm³/mol. The Balaban J connectivity index is 0.000000162. The molecule has 4 aliphatic carbocycles. The second-order valence-electron chi connectivity index (χ2n) is 41.8. The monoisotopic (exact) mass is 1960 g/mol. The summed E-state index contributed by atoms with van der Waals surface area (Å²) in [4.78, 5) is 148. The molecule has 2 unspecified atom stereocenters. The molecule has 2 aliphatic heterocycles. The Labute approximate surface area is 847 Å². The lowest BCUT2D eigenvalue weighted by molar-refractivity contribution is -0.155. The molecule has 746 valence electrons. The van der Waals surface area contributed by atoms with Gasteiger partial charge in [-0.15, -0.1) is 22.7 Å². The Kier molecular flexibility index (Phi) is 34.7. The summed E-state index contributed by atoms with van der Waals surface area (Å²) < 4.78 is 0. The van der Waals surface area contributed by atoms with Gasteiger partial charge in [0.1, 0.15) is 24.2 Å². The summed E-state index contributed by atoms with van der Waals surface area (Å²) in [5.74, 6) is 0.379. The van der Waals surface area contributed by atoms with Gasteiger partial charge in [-0.1, -0.05) is 246 Å². The second-order valence-corrected chi connectivity index (χ2v) is 44.0. The van der Waals surface area contributed by atoms with Crippen LogP contribution in [0.5, 0.6) is 0 Å².